The lowest BCUT2D eigenvalue weighted by molar-refractivity contribution is -0.152. The highest BCUT2D eigenvalue weighted by atomic mass is 16.7. The van der Waals surface area contributed by atoms with E-state index >= 15 is 0 Å². The minimum absolute atomic E-state index is 0.0484. The van der Waals surface area contributed by atoms with Gasteiger partial charge in [-0.15, -0.1) is 0 Å². The van der Waals surface area contributed by atoms with Crippen molar-refractivity contribution in [2.24, 2.45) is 5.73 Å². The molecule has 2 aliphatic rings. The molecule has 2 aromatic rings. The quantitative estimate of drug-likeness (QED) is 0.180. The first-order chi connectivity index (χ1) is 17.9. The van der Waals surface area contributed by atoms with Gasteiger partial charge < -0.3 is 35.1 Å². The van der Waals surface area contributed by atoms with Gasteiger partial charge in [-0.25, -0.2) is 0 Å². The first-order valence-corrected chi connectivity index (χ1v) is 12.1. The molecule has 2 fully saturated rings. The van der Waals surface area contributed by atoms with Crippen molar-refractivity contribution in [1.82, 2.24) is 10.2 Å². The van der Waals surface area contributed by atoms with Crippen LogP contribution in [0.5, 0.6) is 11.5 Å². The smallest absolute Gasteiger partial charge is 0.243 e. The molecule has 0 radical (unpaired) electrons. The number of rotatable bonds is 11. The summed E-state index contributed by atoms with van der Waals surface area (Å²) in [5, 5.41) is 10.1. The maximum absolute atomic E-state index is 13.3. The van der Waals surface area contributed by atoms with Crippen LogP contribution in [0.25, 0.3) is 0 Å². The lowest BCUT2D eigenvalue weighted by atomic mass is 10.1. The van der Waals surface area contributed by atoms with Crippen molar-refractivity contribution in [3.8, 4) is 11.5 Å². The number of carbonyl (C=O) groups excluding carboxylic acids is 3. The zero-order valence-corrected chi connectivity index (χ0v) is 20.4. The third-order valence-electron chi connectivity index (χ3n) is 6.23. The van der Waals surface area contributed by atoms with E-state index in [1.807, 2.05) is 30.3 Å². The van der Waals surface area contributed by atoms with E-state index in [1.54, 1.807) is 24.3 Å². The van der Waals surface area contributed by atoms with Crippen LogP contribution in [0.3, 0.4) is 0 Å². The van der Waals surface area contributed by atoms with Crippen molar-refractivity contribution in [2.45, 2.75) is 31.1 Å². The van der Waals surface area contributed by atoms with Crippen molar-refractivity contribution in [3.63, 3.8) is 0 Å². The molecular weight excluding hydrogens is 478 g/mol. The summed E-state index contributed by atoms with van der Waals surface area (Å²) in [6.07, 6.45) is 1.66. The molecule has 2 aliphatic heterocycles. The van der Waals surface area contributed by atoms with Gasteiger partial charge in [0, 0.05) is 25.1 Å². The number of likely N-dealkylation sites (tertiary alicyclic amines) is 1. The van der Waals surface area contributed by atoms with E-state index in [2.05, 4.69) is 5.32 Å². The van der Waals surface area contributed by atoms with Gasteiger partial charge in [0.1, 0.15) is 24.1 Å². The van der Waals surface area contributed by atoms with Crippen LogP contribution in [0.1, 0.15) is 19.3 Å². The van der Waals surface area contributed by atoms with Crippen molar-refractivity contribution in [1.29, 1.82) is 5.41 Å². The summed E-state index contributed by atoms with van der Waals surface area (Å²) in [5.74, 6) is -0.454. The SMILES string of the molecule is N=C(N)CCCNC(=O)[C@@H]1CC2(CN1C(=O)CN(C=O)c1ccc(Oc3ccccc3)cc1)OCCO2. The fraction of sp³-hybridized carbons (Fsp3) is 0.385. The average Bonchev–Trinajstić information content (AvgIpc) is 3.53. The Kier molecular flexibility index (Phi) is 8.36. The van der Waals surface area contributed by atoms with Gasteiger partial charge in [-0.05, 0) is 42.8 Å². The lowest BCUT2D eigenvalue weighted by Gasteiger charge is -2.26. The van der Waals surface area contributed by atoms with Gasteiger partial charge in [-0.2, -0.15) is 0 Å². The molecule has 0 bridgehead atoms. The summed E-state index contributed by atoms with van der Waals surface area (Å²) >= 11 is 0. The number of para-hydroxylation sites is 1. The molecule has 37 heavy (non-hydrogen) atoms. The van der Waals surface area contributed by atoms with Crippen LogP contribution in [-0.4, -0.2) is 73.6 Å². The Hall–Kier alpha value is -3.96. The van der Waals surface area contributed by atoms with Crippen molar-refractivity contribution < 1.29 is 28.6 Å². The number of amidine groups is 1. The number of ether oxygens (including phenoxy) is 3. The van der Waals surface area contributed by atoms with Crippen LogP contribution in [-0.2, 0) is 23.9 Å². The molecule has 4 N–H and O–H groups in total. The second kappa shape index (κ2) is 11.8. The second-order valence-electron chi connectivity index (χ2n) is 8.91. The number of hydrogen-bond acceptors (Lipinski definition) is 7. The van der Waals surface area contributed by atoms with Crippen LogP contribution < -0.4 is 20.7 Å². The summed E-state index contributed by atoms with van der Waals surface area (Å²) in [6, 6.07) is 15.3. The number of anilines is 1. The molecule has 0 unspecified atom stereocenters. The molecule has 11 heteroatoms. The molecule has 1 atom stereocenters. The number of amides is 3. The minimum atomic E-state index is -1.03. The van der Waals surface area contributed by atoms with Gasteiger partial charge in [-0.3, -0.25) is 19.8 Å². The normalized spacial score (nSPS) is 17.9. The molecule has 0 saturated carbocycles. The largest absolute Gasteiger partial charge is 0.457 e. The van der Waals surface area contributed by atoms with Gasteiger partial charge >= 0.3 is 0 Å². The van der Waals surface area contributed by atoms with E-state index in [0.717, 1.165) is 0 Å². The zero-order valence-electron chi connectivity index (χ0n) is 20.4. The third kappa shape index (κ3) is 6.63. The van der Waals surface area contributed by atoms with Gasteiger partial charge in [0.25, 0.3) is 0 Å². The van der Waals surface area contributed by atoms with Crippen molar-refractivity contribution in [2.75, 3.05) is 37.7 Å². The number of benzene rings is 2. The first-order valence-electron chi connectivity index (χ1n) is 12.1. The van der Waals surface area contributed by atoms with Gasteiger partial charge in [-0.1, -0.05) is 18.2 Å². The van der Waals surface area contributed by atoms with E-state index in [1.165, 1.54) is 9.80 Å². The molecule has 11 nitrogen and oxygen atoms in total. The number of nitrogens with one attached hydrogen (secondary N) is 2. The first kappa shape index (κ1) is 26.1. The highest BCUT2D eigenvalue weighted by Crippen LogP contribution is 2.35. The summed E-state index contributed by atoms with van der Waals surface area (Å²) in [4.78, 5) is 40.9. The maximum atomic E-state index is 13.3. The van der Waals surface area contributed by atoms with Crippen LogP contribution in [0.15, 0.2) is 54.6 Å². The second-order valence-corrected chi connectivity index (χ2v) is 8.91. The van der Waals surface area contributed by atoms with Crippen LogP contribution in [0.2, 0.25) is 0 Å². The van der Waals surface area contributed by atoms with E-state index in [9.17, 15) is 14.4 Å². The molecule has 0 aromatic heterocycles. The molecule has 4 rings (SSSR count). The maximum Gasteiger partial charge on any atom is 0.243 e. The lowest BCUT2D eigenvalue weighted by Crippen LogP contribution is -2.49. The molecule has 196 valence electrons. The molecule has 2 heterocycles. The van der Waals surface area contributed by atoms with Crippen LogP contribution >= 0.6 is 0 Å². The molecule has 1 spiro atoms. The Labute approximate surface area is 215 Å². The van der Waals surface area contributed by atoms with E-state index in [4.69, 9.17) is 25.4 Å². The predicted molar refractivity (Wildman–Crippen MR) is 135 cm³/mol. The van der Waals surface area contributed by atoms with Crippen molar-refractivity contribution in [3.05, 3.63) is 54.6 Å². The molecular formula is C26H31N5O6. The van der Waals surface area contributed by atoms with Gasteiger partial charge in [0.05, 0.1) is 25.6 Å². The Morgan fingerprint density at radius 3 is 2.46 bits per heavy atom. The predicted octanol–water partition coefficient (Wildman–Crippen LogP) is 1.62. The Bertz CT molecular complexity index is 1100. The van der Waals surface area contributed by atoms with Crippen LogP contribution in [0.4, 0.5) is 5.69 Å². The van der Waals surface area contributed by atoms with Crippen molar-refractivity contribution >= 4 is 29.7 Å². The monoisotopic (exact) mass is 509 g/mol. The van der Waals surface area contributed by atoms with Gasteiger partial charge in [0.15, 0.2) is 5.79 Å². The number of nitrogens with two attached hydrogens (primary N) is 1. The summed E-state index contributed by atoms with van der Waals surface area (Å²) in [5.41, 5.74) is 5.88. The molecule has 2 aromatic carbocycles. The fourth-order valence-electron chi connectivity index (χ4n) is 4.41. The van der Waals surface area contributed by atoms with Gasteiger partial charge in [0.2, 0.25) is 18.2 Å². The number of nitrogens with zero attached hydrogens (tertiary/aromatic N) is 2. The minimum Gasteiger partial charge on any atom is -0.457 e. The topological polar surface area (TPSA) is 147 Å². The summed E-state index contributed by atoms with van der Waals surface area (Å²) in [7, 11) is 0. The molecule has 3 amide bonds. The molecule has 0 aliphatic carbocycles. The zero-order chi connectivity index (χ0) is 26.3. The third-order valence-corrected chi connectivity index (χ3v) is 6.23. The molecule has 2 saturated heterocycles. The van der Waals surface area contributed by atoms with E-state index < -0.39 is 17.7 Å². The van der Waals surface area contributed by atoms with E-state index in [-0.39, 0.29) is 31.3 Å². The van der Waals surface area contributed by atoms with E-state index in [0.29, 0.717) is 56.2 Å². The van der Waals surface area contributed by atoms with Crippen LogP contribution in [0, 0.1) is 5.41 Å². The fourth-order valence-corrected chi connectivity index (χ4v) is 4.41. The highest BCUT2D eigenvalue weighted by Gasteiger charge is 2.52. The Balaban J connectivity index is 1.41. The Morgan fingerprint density at radius 1 is 1.14 bits per heavy atom. The summed E-state index contributed by atoms with van der Waals surface area (Å²) in [6.45, 7) is 0.920. The standard InChI is InChI=1S/C26H31N5O6/c27-23(28)7-4-12-29-25(34)22-15-26(35-13-14-36-26)17-31(22)24(33)16-30(18-32)19-8-10-21(11-9-19)37-20-5-2-1-3-6-20/h1-3,5-6,8-11,18,22H,4,7,12-17H2,(H3,27,28)(H,29,34)/t22-/m0/s1. The Morgan fingerprint density at radius 2 is 1.81 bits per heavy atom. The average molecular weight is 510 g/mol. The number of carbonyl (C=O) groups is 3. The highest BCUT2D eigenvalue weighted by molar-refractivity contribution is 5.93. The summed E-state index contributed by atoms with van der Waals surface area (Å²) < 4.78 is 17.3. The number of hydrogen-bond donors (Lipinski definition) is 3.